The maximum atomic E-state index is 12.2. The zero-order valence-electron chi connectivity index (χ0n) is 14.1. The Morgan fingerprint density at radius 2 is 1.88 bits per heavy atom. The molecule has 3 N–H and O–H groups in total. The number of aromatic nitrogens is 2. The number of amides is 1. The molecule has 0 bridgehead atoms. The summed E-state index contributed by atoms with van der Waals surface area (Å²) in [4.78, 5) is 12.2. The van der Waals surface area contributed by atoms with E-state index in [1.807, 2.05) is 72.8 Å². The number of allylic oxidation sites excluding steroid dienone is 2. The number of nitrogens with zero attached hydrogens (tertiary/aromatic N) is 1. The molecule has 1 aliphatic carbocycles. The lowest BCUT2D eigenvalue weighted by Crippen LogP contribution is -2.50. The lowest BCUT2D eigenvalue weighted by molar-refractivity contribution is -0.125. The quantitative estimate of drug-likeness (QED) is 0.745. The number of nitrogens with two attached hydrogens (primary N) is 1. The van der Waals surface area contributed by atoms with Crippen LogP contribution in [0.15, 0.2) is 78.9 Å². The van der Waals surface area contributed by atoms with Crippen LogP contribution in [0.2, 0.25) is 0 Å². The molecule has 3 aromatic rings. The molecule has 1 heterocycles. The fraction of sp³-hybridized carbons (Fsp3) is 0.143. The van der Waals surface area contributed by atoms with Gasteiger partial charge in [0.1, 0.15) is 11.4 Å². The van der Waals surface area contributed by atoms with Crippen molar-refractivity contribution in [2.24, 2.45) is 11.7 Å². The highest BCUT2D eigenvalue weighted by Crippen LogP contribution is 2.35. The van der Waals surface area contributed by atoms with Crippen LogP contribution in [0.3, 0.4) is 0 Å². The molecule has 0 fully saturated rings. The number of carbonyl (C=O) groups excluding carboxylic acids is 1. The number of rotatable bonds is 5. The minimum atomic E-state index is -0.919. The second-order valence-corrected chi connectivity index (χ2v) is 6.39. The summed E-state index contributed by atoms with van der Waals surface area (Å²) in [6, 6.07) is 17.3. The van der Waals surface area contributed by atoms with E-state index in [9.17, 15) is 4.79 Å². The molecule has 5 nitrogen and oxygen atoms in total. The van der Waals surface area contributed by atoms with Crippen molar-refractivity contribution in [1.29, 1.82) is 0 Å². The molecular weight excluding hydrogens is 326 g/mol. The number of hydrogen-bond donors (Lipinski definition) is 2. The summed E-state index contributed by atoms with van der Waals surface area (Å²) in [5, 5.41) is 8.45. The molecule has 4 rings (SSSR count). The third-order valence-electron chi connectivity index (χ3n) is 4.67. The molecule has 26 heavy (non-hydrogen) atoms. The van der Waals surface area contributed by atoms with Crippen molar-refractivity contribution in [1.82, 2.24) is 10.2 Å². The van der Waals surface area contributed by atoms with Crippen molar-refractivity contribution in [3.8, 4) is 5.75 Å². The average Bonchev–Trinajstić information content (AvgIpc) is 3.05. The first-order chi connectivity index (χ1) is 12.7. The molecule has 5 heteroatoms. The Bertz CT molecular complexity index is 991. The Labute approximate surface area is 151 Å². The highest BCUT2D eigenvalue weighted by Gasteiger charge is 2.43. The largest absolute Gasteiger partial charge is 0.482 e. The van der Waals surface area contributed by atoms with E-state index in [0.717, 1.165) is 16.6 Å². The highest BCUT2D eigenvalue weighted by molar-refractivity contribution is 5.83. The van der Waals surface area contributed by atoms with Crippen LogP contribution in [0.4, 0.5) is 0 Å². The summed E-state index contributed by atoms with van der Waals surface area (Å²) >= 11 is 0. The summed E-state index contributed by atoms with van der Waals surface area (Å²) in [5.74, 6) is -0.331. The molecule has 1 aliphatic rings. The fourth-order valence-corrected chi connectivity index (χ4v) is 3.43. The first-order valence-corrected chi connectivity index (χ1v) is 8.49. The van der Waals surface area contributed by atoms with Gasteiger partial charge in [-0.25, -0.2) is 0 Å². The normalized spacial score (nSPS) is 21.8. The van der Waals surface area contributed by atoms with E-state index >= 15 is 0 Å². The summed E-state index contributed by atoms with van der Waals surface area (Å²) in [6.07, 6.45) is 7.86. The summed E-state index contributed by atoms with van der Waals surface area (Å²) < 4.78 is 6.35. The zero-order chi connectivity index (χ0) is 18.0. The van der Waals surface area contributed by atoms with Crippen molar-refractivity contribution >= 4 is 16.8 Å². The smallest absolute Gasteiger partial charge is 0.228 e. The van der Waals surface area contributed by atoms with Crippen molar-refractivity contribution in [2.75, 3.05) is 0 Å². The predicted molar refractivity (Wildman–Crippen MR) is 101 cm³/mol. The van der Waals surface area contributed by atoms with Gasteiger partial charge in [0, 0.05) is 17.5 Å². The molecule has 0 spiro atoms. The van der Waals surface area contributed by atoms with Crippen LogP contribution in [0.1, 0.15) is 5.69 Å². The predicted octanol–water partition coefficient (Wildman–Crippen LogP) is 3.15. The SMILES string of the molecule is NC(=O)C1C=CC=CC1(Cc1[nH]nc2ccccc12)Oc1ccccc1. The first kappa shape index (κ1) is 16.1. The Balaban J connectivity index is 1.79. The number of H-pyrrole nitrogens is 1. The van der Waals surface area contributed by atoms with E-state index in [-0.39, 0.29) is 0 Å². The van der Waals surface area contributed by atoms with E-state index < -0.39 is 17.4 Å². The van der Waals surface area contributed by atoms with Gasteiger partial charge in [-0.1, -0.05) is 54.6 Å². The minimum Gasteiger partial charge on any atom is -0.482 e. The van der Waals surface area contributed by atoms with Gasteiger partial charge < -0.3 is 10.5 Å². The van der Waals surface area contributed by atoms with E-state index in [1.54, 1.807) is 6.08 Å². The Morgan fingerprint density at radius 3 is 2.69 bits per heavy atom. The number of fused-ring (bicyclic) bond motifs is 1. The molecule has 1 aromatic heterocycles. The molecule has 1 amide bonds. The molecule has 0 aliphatic heterocycles. The number of hydrogen-bond acceptors (Lipinski definition) is 3. The van der Waals surface area contributed by atoms with Gasteiger partial charge in [0.25, 0.3) is 0 Å². The number of benzene rings is 2. The summed E-state index contributed by atoms with van der Waals surface area (Å²) in [7, 11) is 0. The Hall–Kier alpha value is -3.34. The molecular formula is C21H19N3O2. The van der Waals surface area contributed by atoms with Crippen LogP contribution in [-0.4, -0.2) is 21.7 Å². The lowest BCUT2D eigenvalue weighted by Gasteiger charge is -2.37. The van der Waals surface area contributed by atoms with Crippen molar-refractivity contribution in [3.05, 3.63) is 84.6 Å². The first-order valence-electron chi connectivity index (χ1n) is 8.49. The maximum Gasteiger partial charge on any atom is 0.228 e. The van der Waals surface area contributed by atoms with Gasteiger partial charge in [0.15, 0.2) is 0 Å². The third-order valence-corrected chi connectivity index (χ3v) is 4.67. The molecule has 2 aromatic carbocycles. The van der Waals surface area contributed by atoms with Crippen LogP contribution in [-0.2, 0) is 11.2 Å². The lowest BCUT2D eigenvalue weighted by atomic mass is 9.79. The van der Waals surface area contributed by atoms with E-state index in [4.69, 9.17) is 10.5 Å². The Kier molecular flexibility index (Phi) is 4.05. The van der Waals surface area contributed by atoms with Gasteiger partial charge in [0.05, 0.1) is 11.4 Å². The van der Waals surface area contributed by atoms with Crippen LogP contribution < -0.4 is 10.5 Å². The summed E-state index contributed by atoms with van der Waals surface area (Å²) in [6.45, 7) is 0. The number of carbonyl (C=O) groups is 1. The van der Waals surface area contributed by atoms with Crippen LogP contribution in [0.25, 0.3) is 10.9 Å². The van der Waals surface area contributed by atoms with Crippen molar-refractivity contribution in [3.63, 3.8) is 0 Å². The number of nitrogens with one attached hydrogen (secondary N) is 1. The topological polar surface area (TPSA) is 81.0 Å². The van der Waals surface area contributed by atoms with E-state index in [0.29, 0.717) is 12.2 Å². The highest BCUT2D eigenvalue weighted by atomic mass is 16.5. The standard InChI is InChI=1S/C21H19N3O2/c22-20(25)17-11-6-7-13-21(17,26-15-8-2-1-3-9-15)14-19-16-10-4-5-12-18(16)23-24-19/h1-13,17H,14H2,(H2,22,25)(H,23,24). The molecule has 0 saturated heterocycles. The summed E-state index contributed by atoms with van der Waals surface area (Å²) in [5.41, 5.74) is 6.57. The van der Waals surface area contributed by atoms with Gasteiger partial charge in [0.2, 0.25) is 5.91 Å². The number of para-hydroxylation sites is 2. The number of primary amides is 1. The van der Waals surface area contributed by atoms with Crippen LogP contribution in [0.5, 0.6) is 5.75 Å². The zero-order valence-corrected chi connectivity index (χ0v) is 14.1. The Morgan fingerprint density at radius 1 is 1.12 bits per heavy atom. The van der Waals surface area contributed by atoms with Crippen molar-refractivity contribution < 1.29 is 9.53 Å². The minimum absolute atomic E-state index is 0.426. The molecule has 2 atom stereocenters. The van der Waals surface area contributed by atoms with Gasteiger partial charge in [-0.3, -0.25) is 9.89 Å². The average molecular weight is 345 g/mol. The third kappa shape index (κ3) is 2.88. The van der Waals surface area contributed by atoms with Crippen LogP contribution >= 0.6 is 0 Å². The van der Waals surface area contributed by atoms with Gasteiger partial charge in [-0.2, -0.15) is 5.10 Å². The number of aromatic amines is 1. The van der Waals surface area contributed by atoms with Gasteiger partial charge in [-0.15, -0.1) is 0 Å². The van der Waals surface area contributed by atoms with Crippen molar-refractivity contribution in [2.45, 2.75) is 12.0 Å². The molecule has 0 radical (unpaired) electrons. The fourth-order valence-electron chi connectivity index (χ4n) is 3.43. The molecule has 0 saturated carbocycles. The molecule has 130 valence electrons. The molecule has 2 unspecified atom stereocenters. The maximum absolute atomic E-state index is 12.2. The van der Waals surface area contributed by atoms with E-state index in [1.165, 1.54) is 0 Å². The second-order valence-electron chi connectivity index (χ2n) is 6.39. The van der Waals surface area contributed by atoms with Crippen LogP contribution in [0, 0.1) is 5.92 Å². The monoisotopic (exact) mass is 345 g/mol. The van der Waals surface area contributed by atoms with E-state index in [2.05, 4.69) is 10.2 Å². The second kappa shape index (κ2) is 6.52. The van der Waals surface area contributed by atoms with Gasteiger partial charge in [-0.05, 0) is 24.3 Å². The number of ether oxygens (including phenoxy) is 1. The van der Waals surface area contributed by atoms with Gasteiger partial charge >= 0.3 is 0 Å².